The summed E-state index contributed by atoms with van der Waals surface area (Å²) in [4.78, 5) is 36.0. The minimum absolute atomic E-state index is 0.0238. The molecule has 1 aliphatic heterocycles. The molecule has 1 aliphatic rings. The molecule has 0 radical (unpaired) electrons. The van der Waals surface area contributed by atoms with Crippen molar-refractivity contribution in [3.63, 3.8) is 0 Å². The lowest BCUT2D eigenvalue weighted by atomic mass is 10.1. The van der Waals surface area contributed by atoms with Gasteiger partial charge in [-0.05, 0) is 24.3 Å². The van der Waals surface area contributed by atoms with Gasteiger partial charge >= 0.3 is 0 Å². The summed E-state index contributed by atoms with van der Waals surface area (Å²) >= 11 is 6.24. The number of hydrogen-bond acceptors (Lipinski definition) is 5. The molecule has 3 amide bonds. The van der Waals surface area contributed by atoms with E-state index in [1.165, 1.54) is 6.07 Å². The number of nitrogens with one attached hydrogen (secondary N) is 2. The van der Waals surface area contributed by atoms with Gasteiger partial charge in [-0.15, -0.1) is 0 Å². The van der Waals surface area contributed by atoms with Crippen LogP contribution in [0.15, 0.2) is 36.4 Å². The van der Waals surface area contributed by atoms with E-state index in [4.69, 9.17) is 26.8 Å². The number of hydrogen-bond donors (Lipinski definition) is 3. The van der Waals surface area contributed by atoms with Gasteiger partial charge in [-0.2, -0.15) is 0 Å². The van der Waals surface area contributed by atoms with E-state index in [-0.39, 0.29) is 29.1 Å². The van der Waals surface area contributed by atoms with E-state index in [9.17, 15) is 14.4 Å². The summed E-state index contributed by atoms with van der Waals surface area (Å²) in [6.45, 7) is 1.05. The quantitative estimate of drug-likeness (QED) is 0.666. The fourth-order valence-electron chi connectivity index (χ4n) is 2.74. The van der Waals surface area contributed by atoms with Crippen molar-refractivity contribution in [3.05, 3.63) is 52.5 Å². The van der Waals surface area contributed by atoms with Gasteiger partial charge in [0.1, 0.15) is 0 Å². The van der Waals surface area contributed by atoms with E-state index in [0.717, 1.165) is 0 Å². The topological polar surface area (TPSA) is 120 Å². The standard InChI is InChI=1S/C20H20ClN3O5/c21-14-10-12(11-16-18(14)29-9-3-8-28-16)19(26)24-15-5-2-1-4-13(15)20(27)23-7-6-17(22)25/h1-2,4-5,10-11H,3,6-9H2,(H2,22,25)(H,23,27)(H,24,26). The molecule has 0 atom stereocenters. The zero-order valence-electron chi connectivity index (χ0n) is 15.5. The summed E-state index contributed by atoms with van der Waals surface area (Å²) in [5.41, 5.74) is 5.91. The Morgan fingerprint density at radius 2 is 1.83 bits per heavy atom. The molecule has 0 spiro atoms. The number of anilines is 1. The number of ether oxygens (including phenoxy) is 2. The second-order valence-corrected chi connectivity index (χ2v) is 6.71. The van der Waals surface area contributed by atoms with E-state index >= 15 is 0 Å². The molecular weight excluding hydrogens is 398 g/mol. The van der Waals surface area contributed by atoms with Crippen LogP contribution in [0, 0.1) is 0 Å². The van der Waals surface area contributed by atoms with E-state index in [0.29, 0.717) is 36.8 Å². The molecule has 8 nitrogen and oxygen atoms in total. The van der Waals surface area contributed by atoms with Crippen molar-refractivity contribution in [2.24, 2.45) is 5.73 Å². The van der Waals surface area contributed by atoms with Gasteiger partial charge < -0.3 is 25.8 Å². The van der Waals surface area contributed by atoms with Gasteiger partial charge in [0.15, 0.2) is 11.5 Å². The fraction of sp³-hybridized carbons (Fsp3) is 0.250. The smallest absolute Gasteiger partial charge is 0.255 e. The number of rotatable bonds is 6. The molecule has 3 rings (SSSR count). The van der Waals surface area contributed by atoms with Crippen molar-refractivity contribution in [1.29, 1.82) is 0 Å². The lowest BCUT2D eigenvalue weighted by Gasteiger charge is -2.13. The minimum atomic E-state index is -0.516. The van der Waals surface area contributed by atoms with Crippen molar-refractivity contribution in [1.82, 2.24) is 5.32 Å². The first-order chi connectivity index (χ1) is 14.0. The number of benzene rings is 2. The Kier molecular flexibility index (Phi) is 6.56. The van der Waals surface area contributed by atoms with Crippen molar-refractivity contribution >= 4 is 35.0 Å². The molecule has 152 valence electrons. The van der Waals surface area contributed by atoms with Crippen LogP contribution < -0.4 is 25.8 Å². The van der Waals surface area contributed by atoms with Crippen molar-refractivity contribution in [2.75, 3.05) is 25.1 Å². The predicted octanol–water partition coefficient (Wildman–Crippen LogP) is 2.36. The maximum absolute atomic E-state index is 12.8. The van der Waals surface area contributed by atoms with Crippen LogP contribution in [0.5, 0.6) is 11.5 Å². The van der Waals surface area contributed by atoms with Crippen LogP contribution in [-0.4, -0.2) is 37.5 Å². The molecule has 0 fully saturated rings. The fourth-order valence-corrected chi connectivity index (χ4v) is 3.01. The number of nitrogens with two attached hydrogens (primary N) is 1. The maximum atomic E-state index is 12.8. The molecule has 0 aromatic heterocycles. The summed E-state index contributed by atoms with van der Waals surface area (Å²) < 4.78 is 11.2. The van der Waals surface area contributed by atoms with Crippen LogP contribution in [-0.2, 0) is 4.79 Å². The minimum Gasteiger partial charge on any atom is -0.489 e. The molecular formula is C20H20ClN3O5. The Balaban J connectivity index is 1.78. The number of primary amides is 1. The second kappa shape index (κ2) is 9.29. The number of carbonyl (C=O) groups is 3. The van der Waals surface area contributed by atoms with Gasteiger partial charge in [0, 0.05) is 24.9 Å². The molecule has 0 saturated heterocycles. The van der Waals surface area contributed by atoms with E-state index in [2.05, 4.69) is 10.6 Å². The first-order valence-electron chi connectivity index (χ1n) is 9.01. The molecule has 2 aromatic carbocycles. The van der Waals surface area contributed by atoms with Gasteiger partial charge in [0.2, 0.25) is 5.91 Å². The highest BCUT2D eigenvalue weighted by Gasteiger charge is 2.20. The number of carbonyl (C=O) groups excluding carboxylic acids is 3. The Hall–Kier alpha value is -3.26. The van der Waals surface area contributed by atoms with Gasteiger partial charge in [-0.1, -0.05) is 23.7 Å². The summed E-state index contributed by atoms with van der Waals surface area (Å²) in [5, 5.41) is 5.57. The highest BCUT2D eigenvalue weighted by atomic mass is 35.5. The van der Waals surface area contributed by atoms with Crippen LogP contribution in [0.1, 0.15) is 33.6 Å². The van der Waals surface area contributed by atoms with E-state index in [1.54, 1.807) is 30.3 Å². The van der Waals surface area contributed by atoms with E-state index in [1.807, 2.05) is 0 Å². The predicted molar refractivity (Wildman–Crippen MR) is 108 cm³/mol. The average Bonchev–Trinajstić information content (AvgIpc) is 2.94. The molecule has 0 saturated carbocycles. The van der Waals surface area contributed by atoms with Gasteiger partial charge in [0.05, 0.1) is 29.5 Å². The number of halogens is 1. The zero-order chi connectivity index (χ0) is 20.8. The molecule has 9 heteroatoms. The third kappa shape index (κ3) is 5.17. The van der Waals surface area contributed by atoms with Crippen LogP contribution in [0.2, 0.25) is 5.02 Å². The first kappa shape index (κ1) is 20.5. The highest BCUT2D eigenvalue weighted by molar-refractivity contribution is 6.32. The summed E-state index contributed by atoms with van der Waals surface area (Å²) in [6.07, 6.45) is 0.737. The van der Waals surface area contributed by atoms with Gasteiger partial charge in [-0.25, -0.2) is 0 Å². The SMILES string of the molecule is NC(=O)CCNC(=O)c1ccccc1NC(=O)c1cc(Cl)c2c(c1)OCCCO2. The lowest BCUT2D eigenvalue weighted by molar-refractivity contribution is -0.117. The zero-order valence-corrected chi connectivity index (χ0v) is 16.3. The number of para-hydroxylation sites is 1. The van der Waals surface area contributed by atoms with Gasteiger partial charge in [-0.3, -0.25) is 14.4 Å². The lowest BCUT2D eigenvalue weighted by Crippen LogP contribution is -2.28. The van der Waals surface area contributed by atoms with Crippen molar-refractivity contribution < 1.29 is 23.9 Å². The highest BCUT2D eigenvalue weighted by Crippen LogP contribution is 2.38. The first-order valence-corrected chi connectivity index (χ1v) is 9.39. The van der Waals surface area contributed by atoms with Crippen LogP contribution in [0.25, 0.3) is 0 Å². The molecule has 4 N–H and O–H groups in total. The molecule has 1 heterocycles. The van der Waals surface area contributed by atoms with Crippen molar-refractivity contribution in [2.45, 2.75) is 12.8 Å². The summed E-state index contributed by atoms with van der Waals surface area (Å²) in [7, 11) is 0. The van der Waals surface area contributed by atoms with Crippen LogP contribution >= 0.6 is 11.6 Å². The van der Waals surface area contributed by atoms with Crippen LogP contribution in [0.4, 0.5) is 5.69 Å². The molecule has 0 unspecified atom stereocenters. The number of fused-ring (bicyclic) bond motifs is 1. The Labute approximate surface area is 172 Å². The van der Waals surface area contributed by atoms with Crippen molar-refractivity contribution in [3.8, 4) is 11.5 Å². The van der Waals surface area contributed by atoms with Crippen LogP contribution in [0.3, 0.4) is 0 Å². The Bertz CT molecular complexity index is 948. The maximum Gasteiger partial charge on any atom is 0.255 e. The molecule has 0 aliphatic carbocycles. The largest absolute Gasteiger partial charge is 0.489 e. The summed E-state index contributed by atoms with van der Waals surface area (Å²) in [6, 6.07) is 9.57. The van der Waals surface area contributed by atoms with Gasteiger partial charge in [0.25, 0.3) is 11.8 Å². The summed E-state index contributed by atoms with van der Waals surface area (Å²) in [5.74, 6) is -0.593. The third-order valence-corrected chi connectivity index (χ3v) is 4.42. The monoisotopic (exact) mass is 417 g/mol. The normalized spacial score (nSPS) is 12.6. The Morgan fingerprint density at radius 1 is 1.07 bits per heavy atom. The average molecular weight is 418 g/mol. The second-order valence-electron chi connectivity index (χ2n) is 6.31. The molecule has 2 aromatic rings. The molecule has 29 heavy (non-hydrogen) atoms. The van der Waals surface area contributed by atoms with E-state index < -0.39 is 17.7 Å². The third-order valence-electron chi connectivity index (χ3n) is 4.14. The Morgan fingerprint density at radius 3 is 2.62 bits per heavy atom. The number of amides is 3. The molecule has 0 bridgehead atoms.